The number of halogens is 2. The van der Waals surface area contributed by atoms with Gasteiger partial charge in [-0.3, -0.25) is 4.79 Å². The average molecular weight is 523 g/mol. The number of nitrogens with zero attached hydrogens (tertiary/aromatic N) is 2. The second-order valence-corrected chi connectivity index (χ2v) is 9.38. The van der Waals surface area contributed by atoms with Gasteiger partial charge in [0.25, 0.3) is 5.91 Å². The molecule has 0 aliphatic heterocycles. The molecule has 2 atom stereocenters. The summed E-state index contributed by atoms with van der Waals surface area (Å²) in [6.45, 7) is 3.68. The number of nitrogens with one attached hydrogen (secondary N) is 1. The van der Waals surface area contributed by atoms with Crippen molar-refractivity contribution >= 4 is 21.8 Å². The monoisotopic (exact) mass is 522 g/mol. The van der Waals surface area contributed by atoms with Crippen molar-refractivity contribution < 1.29 is 13.6 Å². The normalized spacial score (nSPS) is 13.8. The van der Waals surface area contributed by atoms with Gasteiger partial charge in [0.15, 0.2) is 0 Å². The van der Waals surface area contributed by atoms with Gasteiger partial charge < -0.3 is 15.5 Å². The van der Waals surface area contributed by atoms with Crippen LogP contribution in [0.1, 0.15) is 47.3 Å². The summed E-state index contributed by atoms with van der Waals surface area (Å²) in [4.78, 5) is 12.9. The van der Waals surface area contributed by atoms with Gasteiger partial charge in [0.1, 0.15) is 5.82 Å². The molecule has 3 N–H and O–H groups in total. The van der Waals surface area contributed by atoms with Crippen LogP contribution in [0.5, 0.6) is 0 Å². The molecular weight excluding hydrogens is 499 g/mol. The van der Waals surface area contributed by atoms with Gasteiger partial charge >= 0.3 is 0 Å². The standard InChI is InChI=1S/C26H24BrFN4O2/c1-16(18-8-10-22(28)11-9-18)30-23(33)19-12-20(14-21(27)13-19)24-31-32-25(34-24)26(2,29)15-17-6-4-3-5-7-17/h3-14,16H,15,29H2,1-2H3,(H,30,33). The minimum atomic E-state index is -0.858. The minimum absolute atomic E-state index is 0.265. The van der Waals surface area contributed by atoms with Crippen LogP contribution in [0.2, 0.25) is 0 Å². The molecule has 1 heterocycles. The maximum atomic E-state index is 13.2. The Balaban J connectivity index is 1.53. The lowest BCUT2D eigenvalue weighted by atomic mass is 9.94. The Morgan fingerprint density at radius 2 is 1.82 bits per heavy atom. The second-order valence-electron chi connectivity index (χ2n) is 8.47. The van der Waals surface area contributed by atoms with Crippen LogP contribution in [0.25, 0.3) is 11.5 Å². The van der Waals surface area contributed by atoms with Crippen LogP contribution >= 0.6 is 15.9 Å². The van der Waals surface area contributed by atoms with Crippen LogP contribution in [0.15, 0.2) is 81.7 Å². The van der Waals surface area contributed by atoms with Crippen LogP contribution in [0.4, 0.5) is 4.39 Å². The number of hydrogen-bond acceptors (Lipinski definition) is 5. The zero-order valence-corrected chi connectivity index (χ0v) is 20.3. The molecular formula is C26H24BrFN4O2. The third-order valence-electron chi connectivity index (χ3n) is 5.45. The molecule has 1 aromatic heterocycles. The topological polar surface area (TPSA) is 94.0 Å². The fraction of sp³-hybridized carbons (Fsp3) is 0.192. The van der Waals surface area contributed by atoms with Crippen LogP contribution in [0, 0.1) is 5.82 Å². The second kappa shape index (κ2) is 9.87. The highest BCUT2D eigenvalue weighted by Crippen LogP contribution is 2.28. The molecule has 2 unspecified atom stereocenters. The van der Waals surface area contributed by atoms with Gasteiger partial charge in [0.05, 0.1) is 11.6 Å². The number of nitrogens with two attached hydrogens (primary N) is 1. The molecule has 8 heteroatoms. The Kier molecular flexibility index (Phi) is 6.90. The SMILES string of the molecule is CC(NC(=O)c1cc(Br)cc(-c2nnc(C(C)(N)Cc3ccccc3)o2)c1)c1ccc(F)cc1. The third-order valence-corrected chi connectivity index (χ3v) is 5.91. The van der Waals surface area contributed by atoms with Crippen LogP contribution in [-0.2, 0) is 12.0 Å². The number of aromatic nitrogens is 2. The predicted octanol–water partition coefficient (Wildman–Crippen LogP) is 5.55. The van der Waals surface area contributed by atoms with Gasteiger partial charge in [-0.2, -0.15) is 0 Å². The van der Waals surface area contributed by atoms with Gasteiger partial charge in [-0.05, 0) is 61.7 Å². The summed E-state index contributed by atoms with van der Waals surface area (Å²) in [7, 11) is 0. The van der Waals surface area contributed by atoms with Crippen molar-refractivity contribution in [1.29, 1.82) is 0 Å². The summed E-state index contributed by atoms with van der Waals surface area (Å²) in [5, 5.41) is 11.3. The average Bonchev–Trinajstić information content (AvgIpc) is 3.31. The van der Waals surface area contributed by atoms with Crippen LogP contribution in [-0.4, -0.2) is 16.1 Å². The highest BCUT2D eigenvalue weighted by atomic mass is 79.9. The van der Waals surface area contributed by atoms with E-state index in [1.165, 1.54) is 12.1 Å². The zero-order chi connectivity index (χ0) is 24.3. The number of carbonyl (C=O) groups is 1. The van der Waals surface area contributed by atoms with E-state index in [0.717, 1.165) is 11.1 Å². The molecule has 0 spiro atoms. The Morgan fingerprint density at radius 3 is 2.53 bits per heavy atom. The van der Waals surface area contributed by atoms with Gasteiger partial charge in [-0.15, -0.1) is 10.2 Å². The van der Waals surface area contributed by atoms with E-state index in [9.17, 15) is 9.18 Å². The summed E-state index contributed by atoms with van der Waals surface area (Å²) in [6.07, 6.45) is 0.531. The number of carbonyl (C=O) groups excluding carboxylic acids is 1. The number of hydrogen-bond donors (Lipinski definition) is 2. The summed E-state index contributed by atoms with van der Waals surface area (Å²) in [5.41, 5.74) is 8.50. The Labute approximate surface area is 205 Å². The molecule has 0 saturated carbocycles. The maximum Gasteiger partial charge on any atom is 0.251 e. The molecule has 1 amide bonds. The Morgan fingerprint density at radius 1 is 1.12 bits per heavy atom. The van der Waals surface area contributed by atoms with E-state index in [1.54, 1.807) is 30.3 Å². The molecule has 174 valence electrons. The minimum Gasteiger partial charge on any atom is -0.419 e. The van der Waals surface area contributed by atoms with E-state index in [4.69, 9.17) is 10.2 Å². The predicted molar refractivity (Wildman–Crippen MR) is 131 cm³/mol. The number of benzene rings is 3. The first-order valence-electron chi connectivity index (χ1n) is 10.8. The quantitative estimate of drug-likeness (QED) is 0.332. The van der Waals surface area contributed by atoms with E-state index in [2.05, 4.69) is 31.4 Å². The van der Waals surface area contributed by atoms with Crippen molar-refractivity contribution in [2.45, 2.75) is 31.8 Å². The summed E-state index contributed by atoms with van der Waals surface area (Å²) in [5.74, 6) is -0.0361. The first-order chi connectivity index (χ1) is 16.2. The van der Waals surface area contributed by atoms with Crippen LogP contribution < -0.4 is 11.1 Å². The molecule has 4 aromatic rings. The number of rotatable bonds is 7. The molecule has 34 heavy (non-hydrogen) atoms. The molecule has 0 fully saturated rings. The third kappa shape index (κ3) is 5.58. The fourth-order valence-electron chi connectivity index (χ4n) is 3.63. The smallest absolute Gasteiger partial charge is 0.251 e. The first-order valence-corrected chi connectivity index (χ1v) is 11.5. The molecule has 6 nitrogen and oxygen atoms in total. The lowest BCUT2D eigenvalue weighted by molar-refractivity contribution is 0.0940. The van der Waals surface area contributed by atoms with Crippen LogP contribution in [0.3, 0.4) is 0 Å². The van der Waals surface area contributed by atoms with Crippen molar-refractivity contribution in [1.82, 2.24) is 15.5 Å². The van der Waals surface area contributed by atoms with Crippen molar-refractivity contribution in [3.8, 4) is 11.5 Å². The molecule has 0 radical (unpaired) electrons. The van der Waals surface area contributed by atoms with E-state index >= 15 is 0 Å². The summed E-state index contributed by atoms with van der Waals surface area (Å²) < 4.78 is 19.8. The molecule has 3 aromatic carbocycles. The summed E-state index contributed by atoms with van der Waals surface area (Å²) >= 11 is 3.45. The molecule has 0 aliphatic carbocycles. The lowest BCUT2D eigenvalue weighted by Crippen LogP contribution is -2.35. The maximum absolute atomic E-state index is 13.2. The number of amides is 1. The van der Waals surface area contributed by atoms with Gasteiger partial charge in [0, 0.05) is 15.6 Å². The van der Waals surface area contributed by atoms with Gasteiger partial charge in [-0.1, -0.05) is 58.4 Å². The van der Waals surface area contributed by atoms with E-state index < -0.39 is 5.54 Å². The van der Waals surface area contributed by atoms with E-state index in [1.807, 2.05) is 44.2 Å². The van der Waals surface area contributed by atoms with Gasteiger partial charge in [-0.25, -0.2) is 4.39 Å². The van der Waals surface area contributed by atoms with Crippen molar-refractivity contribution in [3.63, 3.8) is 0 Å². The Bertz CT molecular complexity index is 1290. The molecule has 0 aliphatic rings. The summed E-state index contributed by atoms with van der Waals surface area (Å²) in [6, 6.07) is 20.7. The van der Waals surface area contributed by atoms with Crippen molar-refractivity contribution in [2.24, 2.45) is 5.73 Å². The lowest BCUT2D eigenvalue weighted by Gasteiger charge is -2.20. The van der Waals surface area contributed by atoms with E-state index in [-0.39, 0.29) is 23.7 Å². The first kappa shape index (κ1) is 23.8. The zero-order valence-electron chi connectivity index (χ0n) is 18.8. The Hall–Kier alpha value is -3.36. The largest absolute Gasteiger partial charge is 0.419 e. The van der Waals surface area contributed by atoms with Crippen molar-refractivity contribution in [3.05, 3.63) is 106 Å². The molecule has 4 rings (SSSR count). The highest BCUT2D eigenvalue weighted by molar-refractivity contribution is 9.10. The highest BCUT2D eigenvalue weighted by Gasteiger charge is 2.29. The molecule has 0 bridgehead atoms. The van der Waals surface area contributed by atoms with Gasteiger partial charge in [0.2, 0.25) is 11.8 Å². The van der Waals surface area contributed by atoms with Crippen molar-refractivity contribution in [2.75, 3.05) is 0 Å². The molecule has 0 saturated heterocycles. The fourth-order valence-corrected chi connectivity index (χ4v) is 4.12. The van der Waals surface area contributed by atoms with E-state index in [0.29, 0.717) is 27.9 Å².